The van der Waals surface area contributed by atoms with Gasteiger partial charge < -0.3 is 4.74 Å². The highest BCUT2D eigenvalue weighted by Crippen LogP contribution is 2.21. The van der Waals surface area contributed by atoms with E-state index in [4.69, 9.17) is 4.74 Å². The van der Waals surface area contributed by atoms with Crippen LogP contribution in [0.3, 0.4) is 0 Å². The monoisotopic (exact) mass is 462 g/mol. The van der Waals surface area contributed by atoms with E-state index in [2.05, 4.69) is 15.1 Å². The van der Waals surface area contributed by atoms with E-state index in [0.717, 1.165) is 28.8 Å². The summed E-state index contributed by atoms with van der Waals surface area (Å²) in [6, 6.07) is 7.40. The van der Waals surface area contributed by atoms with Crippen LogP contribution < -0.4 is 15.7 Å². The average Bonchev–Trinajstić information content (AvgIpc) is 3.44. The number of aromatic nitrogens is 2. The van der Waals surface area contributed by atoms with Gasteiger partial charge in [-0.25, -0.2) is 22.8 Å². The Hall–Kier alpha value is -2.60. The zero-order chi connectivity index (χ0) is 22.0. The molecule has 4 rings (SSSR count). The Bertz CT molecular complexity index is 1280. The Morgan fingerprint density at radius 3 is 2.94 bits per heavy atom. The van der Waals surface area contributed by atoms with Gasteiger partial charge in [0.15, 0.2) is 0 Å². The predicted octanol–water partition coefficient (Wildman–Crippen LogP) is 1.86. The summed E-state index contributed by atoms with van der Waals surface area (Å²) in [6.07, 6.45) is 3.62. The van der Waals surface area contributed by atoms with Crippen molar-refractivity contribution >= 4 is 37.5 Å². The Morgan fingerprint density at radius 2 is 2.19 bits per heavy atom. The summed E-state index contributed by atoms with van der Waals surface area (Å²) in [5.41, 5.74) is 2.18. The van der Waals surface area contributed by atoms with Gasteiger partial charge in [-0.15, -0.1) is 11.3 Å². The van der Waals surface area contributed by atoms with Gasteiger partial charge in [-0.2, -0.15) is 0 Å². The van der Waals surface area contributed by atoms with Gasteiger partial charge in [-0.3, -0.25) is 15.0 Å². The van der Waals surface area contributed by atoms with Gasteiger partial charge >= 0.3 is 0 Å². The molecule has 1 amide bonds. The van der Waals surface area contributed by atoms with Crippen molar-refractivity contribution in [1.82, 2.24) is 14.4 Å². The second-order valence-electron chi connectivity index (χ2n) is 7.16. The first-order chi connectivity index (χ1) is 14.9. The molecule has 0 saturated carbocycles. The Labute approximate surface area is 183 Å². The molecule has 0 radical (unpaired) electrons. The minimum atomic E-state index is -3.80. The molecule has 164 valence electrons. The molecule has 2 aromatic heterocycles. The maximum atomic E-state index is 12.7. The lowest BCUT2D eigenvalue weighted by Crippen LogP contribution is -2.33. The van der Waals surface area contributed by atoms with Crippen LogP contribution in [0.15, 0.2) is 46.3 Å². The Kier molecular flexibility index (Phi) is 6.19. The molecule has 1 aliphatic rings. The summed E-state index contributed by atoms with van der Waals surface area (Å²) < 4.78 is 34.1. The lowest BCUT2D eigenvalue weighted by atomic mass is 10.2. The highest BCUT2D eigenvalue weighted by molar-refractivity contribution is 7.89. The molecule has 1 fully saturated rings. The van der Waals surface area contributed by atoms with Crippen LogP contribution in [0.1, 0.15) is 35.0 Å². The molecule has 3 aromatic rings. The van der Waals surface area contributed by atoms with Crippen molar-refractivity contribution in [3.05, 3.63) is 57.5 Å². The maximum absolute atomic E-state index is 12.7. The third-order valence-electron chi connectivity index (χ3n) is 5.01. The van der Waals surface area contributed by atoms with Crippen molar-refractivity contribution in [2.24, 2.45) is 0 Å². The van der Waals surface area contributed by atoms with E-state index in [9.17, 15) is 18.0 Å². The van der Waals surface area contributed by atoms with Gasteiger partial charge in [0.2, 0.25) is 10.0 Å². The van der Waals surface area contributed by atoms with Gasteiger partial charge in [0.1, 0.15) is 11.2 Å². The van der Waals surface area contributed by atoms with Gasteiger partial charge in [0, 0.05) is 23.6 Å². The van der Waals surface area contributed by atoms with Crippen LogP contribution in [0.5, 0.6) is 0 Å². The minimum absolute atomic E-state index is 0.0375. The number of carbonyl (C=O) groups is 1. The number of amides is 1. The number of sulfonamides is 1. The number of aryl methyl sites for hydroxylation is 1. The second kappa shape index (κ2) is 8.87. The zero-order valence-corrected chi connectivity index (χ0v) is 18.5. The third-order valence-corrected chi connectivity index (χ3v) is 7.61. The van der Waals surface area contributed by atoms with Crippen LogP contribution in [-0.2, 0) is 21.2 Å². The van der Waals surface area contributed by atoms with Crippen LogP contribution in [0.2, 0.25) is 0 Å². The van der Waals surface area contributed by atoms with Crippen LogP contribution in [0.25, 0.3) is 10.2 Å². The maximum Gasteiger partial charge on any atom is 0.280 e. The van der Waals surface area contributed by atoms with E-state index in [1.54, 1.807) is 6.07 Å². The number of carbonyl (C=O) groups excluding carboxylic acids is 1. The lowest BCUT2D eigenvalue weighted by Gasteiger charge is -2.12. The van der Waals surface area contributed by atoms with Gasteiger partial charge in [-0.05, 0) is 43.5 Å². The molecule has 3 heterocycles. The summed E-state index contributed by atoms with van der Waals surface area (Å²) in [5, 5.41) is 0.430. The van der Waals surface area contributed by atoms with Crippen LogP contribution in [0, 0.1) is 0 Å². The van der Waals surface area contributed by atoms with Crippen LogP contribution in [0.4, 0.5) is 0 Å². The smallest absolute Gasteiger partial charge is 0.280 e. The van der Waals surface area contributed by atoms with Gasteiger partial charge in [0.25, 0.3) is 11.5 Å². The van der Waals surface area contributed by atoms with E-state index in [0.29, 0.717) is 16.8 Å². The molecule has 0 aliphatic carbocycles. The largest absolute Gasteiger partial charge is 0.377 e. The van der Waals surface area contributed by atoms with Crippen molar-refractivity contribution in [2.45, 2.75) is 37.2 Å². The number of hydrogen-bond donors (Lipinski definition) is 2. The number of thiophene rings is 1. The predicted molar refractivity (Wildman–Crippen MR) is 118 cm³/mol. The molecule has 1 atom stereocenters. The average molecular weight is 463 g/mol. The van der Waals surface area contributed by atoms with E-state index in [-0.39, 0.29) is 23.1 Å². The standard InChI is InChI=1S/C20H22N4O5S2/c1-2-15-10-17-19(30-15)21-12-24(20(17)26)23-18(25)13-5-3-7-16(9-13)31(27,28)22-11-14-6-4-8-29-14/h3,5,7,9-10,12,14,22H,2,4,6,8,11H2,1H3,(H,23,25). The van der Waals surface area contributed by atoms with Gasteiger partial charge in [0.05, 0.1) is 16.4 Å². The summed E-state index contributed by atoms with van der Waals surface area (Å²) >= 11 is 1.43. The SMILES string of the molecule is CCc1cc2c(=O)n(NC(=O)c3cccc(S(=O)(=O)NCC4CCCO4)c3)cnc2s1. The van der Waals surface area contributed by atoms with Gasteiger partial charge in [-0.1, -0.05) is 13.0 Å². The minimum Gasteiger partial charge on any atom is -0.377 e. The molecule has 0 bridgehead atoms. The molecule has 2 N–H and O–H groups in total. The first kappa shape index (κ1) is 21.6. The highest BCUT2D eigenvalue weighted by atomic mass is 32.2. The number of benzene rings is 1. The first-order valence-corrected chi connectivity index (χ1v) is 12.2. The molecule has 9 nitrogen and oxygen atoms in total. The Balaban J connectivity index is 1.52. The molecule has 1 aliphatic heterocycles. The molecular weight excluding hydrogens is 440 g/mol. The molecular formula is C20H22N4O5S2. The van der Waals surface area contributed by atoms with E-state index < -0.39 is 21.5 Å². The fourth-order valence-electron chi connectivity index (χ4n) is 3.30. The summed E-state index contributed by atoms with van der Waals surface area (Å²) in [5.74, 6) is -0.620. The molecule has 11 heteroatoms. The van der Waals surface area contributed by atoms with Crippen molar-refractivity contribution in [2.75, 3.05) is 18.6 Å². The molecule has 1 unspecified atom stereocenters. The summed E-state index contributed by atoms with van der Waals surface area (Å²) in [6.45, 7) is 2.80. The lowest BCUT2D eigenvalue weighted by molar-refractivity contribution is 0.101. The topological polar surface area (TPSA) is 119 Å². The van der Waals surface area contributed by atoms with Crippen molar-refractivity contribution in [3.63, 3.8) is 0 Å². The Morgan fingerprint density at radius 1 is 1.35 bits per heavy atom. The van der Waals surface area contributed by atoms with Crippen LogP contribution in [-0.4, -0.2) is 43.2 Å². The van der Waals surface area contributed by atoms with Crippen molar-refractivity contribution < 1.29 is 17.9 Å². The third kappa shape index (κ3) is 4.69. The fourth-order valence-corrected chi connectivity index (χ4v) is 5.33. The number of nitrogens with zero attached hydrogens (tertiary/aromatic N) is 2. The highest BCUT2D eigenvalue weighted by Gasteiger charge is 2.21. The van der Waals surface area contributed by atoms with Crippen molar-refractivity contribution in [3.8, 4) is 0 Å². The quantitative estimate of drug-likeness (QED) is 0.553. The zero-order valence-electron chi connectivity index (χ0n) is 16.8. The van der Waals surface area contributed by atoms with Crippen molar-refractivity contribution in [1.29, 1.82) is 0 Å². The molecule has 1 aromatic carbocycles. The van der Waals surface area contributed by atoms with Crippen LogP contribution >= 0.6 is 11.3 Å². The van der Waals surface area contributed by atoms with E-state index in [1.165, 1.54) is 41.9 Å². The number of fused-ring (bicyclic) bond motifs is 1. The number of hydrogen-bond acceptors (Lipinski definition) is 7. The number of nitrogens with one attached hydrogen (secondary N) is 2. The second-order valence-corrected chi connectivity index (χ2v) is 10.0. The fraction of sp³-hybridized carbons (Fsp3) is 0.350. The normalized spacial score (nSPS) is 16.6. The van der Waals surface area contributed by atoms with E-state index >= 15 is 0 Å². The molecule has 1 saturated heterocycles. The first-order valence-electron chi connectivity index (χ1n) is 9.90. The number of ether oxygens (including phenoxy) is 1. The summed E-state index contributed by atoms with van der Waals surface area (Å²) in [4.78, 5) is 31.2. The van der Waals surface area contributed by atoms with E-state index in [1.807, 2.05) is 6.92 Å². The molecule has 31 heavy (non-hydrogen) atoms. The molecule has 0 spiro atoms. The summed E-state index contributed by atoms with van der Waals surface area (Å²) in [7, 11) is -3.80. The number of rotatable bonds is 7.